The molecule has 0 radical (unpaired) electrons. The Morgan fingerprint density at radius 1 is 1.16 bits per heavy atom. The summed E-state index contributed by atoms with van der Waals surface area (Å²) in [6.45, 7) is 5.16. The lowest BCUT2D eigenvalue weighted by atomic mass is 9.95. The Labute approximate surface area is 186 Å². The van der Waals surface area contributed by atoms with Crippen LogP contribution in [0.5, 0.6) is 0 Å². The number of carbonyl (C=O) groups is 2. The zero-order chi connectivity index (χ0) is 22.8. The number of pyridine rings is 1. The SMILES string of the molecule is CNC(=O)c1c2c(cn(Cc3ccccc3)c1=O)CN(C(=O)Cn1nc(C)cc1C)CC2. The van der Waals surface area contributed by atoms with Gasteiger partial charge in [0.15, 0.2) is 0 Å². The third-order valence-electron chi connectivity index (χ3n) is 5.86. The highest BCUT2D eigenvalue weighted by atomic mass is 16.2. The van der Waals surface area contributed by atoms with Gasteiger partial charge in [-0.2, -0.15) is 5.10 Å². The van der Waals surface area contributed by atoms with E-state index in [0.717, 1.165) is 28.1 Å². The molecule has 1 aliphatic heterocycles. The zero-order valence-electron chi connectivity index (χ0n) is 18.6. The number of rotatable bonds is 5. The molecule has 1 aromatic carbocycles. The van der Waals surface area contributed by atoms with Crippen molar-refractivity contribution in [2.75, 3.05) is 13.6 Å². The number of aromatic nitrogens is 3. The van der Waals surface area contributed by atoms with Crippen molar-refractivity contribution in [3.8, 4) is 0 Å². The minimum absolute atomic E-state index is 0.0378. The molecule has 0 spiro atoms. The van der Waals surface area contributed by atoms with Gasteiger partial charge < -0.3 is 14.8 Å². The van der Waals surface area contributed by atoms with E-state index in [0.29, 0.717) is 26.1 Å². The molecule has 0 fully saturated rings. The monoisotopic (exact) mass is 433 g/mol. The van der Waals surface area contributed by atoms with Crippen LogP contribution in [0.1, 0.15) is 38.4 Å². The second-order valence-corrected chi connectivity index (χ2v) is 8.16. The van der Waals surface area contributed by atoms with E-state index in [-0.39, 0.29) is 23.6 Å². The highest BCUT2D eigenvalue weighted by Gasteiger charge is 2.28. The van der Waals surface area contributed by atoms with Crippen LogP contribution in [0.3, 0.4) is 0 Å². The quantitative estimate of drug-likeness (QED) is 0.663. The number of aryl methyl sites for hydroxylation is 2. The average molecular weight is 434 g/mol. The topological polar surface area (TPSA) is 89.2 Å². The van der Waals surface area contributed by atoms with Crippen LogP contribution in [0, 0.1) is 13.8 Å². The number of fused-ring (bicyclic) bond motifs is 1. The summed E-state index contributed by atoms with van der Waals surface area (Å²) in [5, 5.41) is 6.98. The molecule has 0 saturated carbocycles. The first kappa shape index (κ1) is 21.5. The van der Waals surface area contributed by atoms with E-state index in [2.05, 4.69) is 10.4 Å². The van der Waals surface area contributed by atoms with Crippen LogP contribution in [0.2, 0.25) is 0 Å². The van der Waals surface area contributed by atoms with Gasteiger partial charge in [-0.25, -0.2) is 0 Å². The summed E-state index contributed by atoms with van der Waals surface area (Å²) in [5.41, 5.74) is 4.19. The molecule has 2 amide bonds. The highest BCUT2D eigenvalue weighted by molar-refractivity contribution is 5.95. The summed E-state index contributed by atoms with van der Waals surface area (Å²) in [4.78, 5) is 40.5. The first-order valence-electron chi connectivity index (χ1n) is 10.7. The van der Waals surface area contributed by atoms with Crippen LogP contribution in [0.15, 0.2) is 47.4 Å². The van der Waals surface area contributed by atoms with Crippen LogP contribution < -0.4 is 10.9 Å². The molecule has 166 valence electrons. The minimum atomic E-state index is -0.393. The van der Waals surface area contributed by atoms with Gasteiger partial charge in [-0.15, -0.1) is 0 Å². The molecule has 8 nitrogen and oxygen atoms in total. The van der Waals surface area contributed by atoms with Gasteiger partial charge in [-0.1, -0.05) is 30.3 Å². The third-order valence-corrected chi connectivity index (χ3v) is 5.86. The van der Waals surface area contributed by atoms with Crippen molar-refractivity contribution in [2.45, 2.75) is 39.9 Å². The van der Waals surface area contributed by atoms with Gasteiger partial charge in [-0.05, 0) is 43.0 Å². The smallest absolute Gasteiger partial charge is 0.264 e. The molecule has 3 aromatic rings. The summed E-state index contributed by atoms with van der Waals surface area (Å²) in [5.74, 6) is -0.430. The molecule has 0 aliphatic carbocycles. The lowest BCUT2D eigenvalue weighted by Crippen LogP contribution is -2.42. The van der Waals surface area contributed by atoms with E-state index in [9.17, 15) is 14.4 Å². The van der Waals surface area contributed by atoms with E-state index in [4.69, 9.17) is 0 Å². The molecule has 0 bridgehead atoms. The molecule has 1 N–H and O–H groups in total. The molecule has 2 aromatic heterocycles. The second kappa shape index (κ2) is 8.82. The van der Waals surface area contributed by atoms with Crippen molar-refractivity contribution < 1.29 is 9.59 Å². The molecule has 4 rings (SSSR count). The van der Waals surface area contributed by atoms with E-state index in [1.165, 1.54) is 7.05 Å². The Morgan fingerprint density at radius 2 is 1.91 bits per heavy atom. The van der Waals surface area contributed by atoms with Crippen molar-refractivity contribution in [3.63, 3.8) is 0 Å². The van der Waals surface area contributed by atoms with Gasteiger partial charge in [0.1, 0.15) is 12.1 Å². The fourth-order valence-electron chi connectivity index (χ4n) is 4.24. The summed E-state index contributed by atoms with van der Waals surface area (Å²) < 4.78 is 3.27. The number of nitrogens with zero attached hydrogens (tertiary/aromatic N) is 4. The fourth-order valence-corrected chi connectivity index (χ4v) is 4.24. The second-order valence-electron chi connectivity index (χ2n) is 8.16. The molecule has 32 heavy (non-hydrogen) atoms. The van der Waals surface area contributed by atoms with Crippen LogP contribution in [-0.4, -0.2) is 44.7 Å². The van der Waals surface area contributed by atoms with Crippen LogP contribution >= 0.6 is 0 Å². The van der Waals surface area contributed by atoms with Crippen molar-refractivity contribution in [1.82, 2.24) is 24.6 Å². The summed E-state index contributed by atoms with van der Waals surface area (Å²) in [6, 6.07) is 11.6. The Balaban J connectivity index is 1.66. The number of hydrogen-bond donors (Lipinski definition) is 1. The van der Waals surface area contributed by atoms with Gasteiger partial charge in [0.25, 0.3) is 11.5 Å². The molecule has 0 unspecified atom stereocenters. The predicted molar refractivity (Wildman–Crippen MR) is 120 cm³/mol. The molecular weight excluding hydrogens is 406 g/mol. The fraction of sp³-hybridized carbons (Fsp3) is 0.333. The molecule has 0 atom stereocenters. The summed E-state index contributed by atoms with van der Waals surface area (Å²) in [6.07, 6.45) is 2.25. The Hall–Kier alpha value is -3.68. The van der Waals surface area contributed by atoms with Gasteiger partial charge in [0.05, 0.1) is 12.2 Å². The number of benzene rings is 1. The van der Waals surface area contributed by atoms with E-state index in [1.807, 2.05) is 50.2 Å². The summed E-state index contributed by atoms with van der Waals surface area (Å²) in [7, 11) is 1.52. The van der Waals surface area contributed by atoms with Crippen molar-refractivity contribution >= 4 is 11.8 Å². The Morgan fingerprint density at radius 3 is 2.56 bits per heavy atom. The molecule has 0 saturated heterocycles. The van der Waals surface area contributed by atoms with Crippen molar-refractivity contribution in [3.05, 3.63) is 86.6 Å². The lowest BCUT2D eigenvalue weighted by Gasteiger charge is -2.30. The van der Waals surface area contributed by atoms with Crippen molar-refractivity contribution in [2.24, 2.45) is 0 Å². The van der Waals surface area contributed by atoms with E-state index in [1.54, 1.807) is 20.3 Å². The van der Waals surface area contributed by atoms with Crippen LogP contribution in [-0.2, 0) is 30.8 Å². The number of hydrogen-bond acceptors (Lipinski definition) is 4. The van der Waals surface area contributed by atoms with E-state index < -0.39 is 5.91 Å². The van der Waals surface area contributed by atoms with E-state index >= 15 is 0 Å². The lowest BCUT2D eigenvalue weighted by molar-refractivity contribution is -0.133. The number of carbonyl (C=O) groups excluding carboxylic acids is 2. The molecule has 3 heterocycles. The molecule has 8 heteroatoms. The van der Waals surface area contributed by atoms with Gasteiger partial charge in [0.2, 0.25) is 5.91 Å². The summed E-state index contributed by atoms with van der Waals surface area (Å²) >= 11 is 0. The number of nitrogens with one attached hydrogen (secondary N) is 1. The van der Waals surface area contributed by atoms with Gasteiger partial charge in [0, 0.05) is 32.0 Å². The van der Waals surface area contributed by atoms with Crippen molar-refractivity contribution in [1.29, 1.82) is 0 Å². The standard InChI is InChI=1S/C24H27N5O3/c1-16-11-17(2)29(26-16)15-21(30)27-10-9-20-19(13-27)14-28(12-18-7-5-4-6-8-18)24(32)22(20)23(31)25-3/h4-8,11,14H,9-10,12-13,15H2,1-3H3,(H,25,31). The Kier molecular flexibility index (Phi) is 5.94. The first-order chi connectivity index (χ1) is 15.4. The first-order valence-corrected chi connectivity index (χ1v) is 10.7. The van der Waals surface area contributed by atoms with Gasteiger partial charge >= 0.3 is 0 Å². The van der Waals surface area contributed by atoms with Crippen LogP contribution in [0.25, 0.3) is 0 Å². The Bertz CT molecular complexity index is 1230. The van der Waals surface area contributed by atoms with Crippen LogP contribution in [0.4, 0.5) is 0 Å². The molecular formula is C24H27N5O3. The maximum atomic E-state index is 13.2. The largest absolute Gasteiger partial charge is 0.355 e. The third kappa shape index (κ3) is 4.21. The normalized spacial score (nSPS) is 13.0. The highest BCUT2D eigenvalue weighted by Crippen LogP contribution is 2.22. The molecule has 1 aliphatic rings. The number of amides is 2. The minimum Gasteiger partial charge on any atom is -0.355 e. The van der Waals surface area contributed by atoms with Gasteiger partial charge in [-0.3, -0.25) is 19.1 Å². The maximum absolute atomic E-state index is 13.2. The average Bonchev–Trinajstić information content (AvgIpc) is 3.10. The predicted octanol–water partition coefficient (Wildman–Crippen LogP) is 1.65. The maximum Gasteiger partial charge on any atom is 0.264 e. The zero-order valence-corrected chi connectivity index (χ0v) is 18.6.